The molecule has 0 aromatic carbocycles. The molecule has 0 aliphatic carbocycles. The summed E-state index contributed by atoms with van der Waals surface area (Å²) >= 11 is 0.193. The van der Waals surface area contributed by atoms with Crippen LogP contribution < -0.4 is 5.32 Å². The van der Waals surface area contributed by atoms with Crippen LogP contribution in [0.3, 0.4) is 0 Å². The third kappa shape index (κ3) is 2.28. The molecule has 1 N–H and O–H groups in total. The number of amides is 2. The molecule has 2 aliphatic heterocycles. The second-order valence-electron chi connectivity index (χ2n) is 9.05. The molecular weight excluding hydrogens is 517 g/mol. The van der Waals surface area contributed by atoms with Gasteiger partial charge in [-0.25, -0.2) is 0 Å². The molecule has 0 spiro atoms. The number of ether oxygens (including phenoxy) is 1. The first-order valence-electron chi connectivity index (χ1n) is 9.91. The van der Waals surface area contributed by atoms with Gasteiger partial charge in [0.15, 0.2) is 0 Å². The normalized spacial score (nSPS) is 44.6. The Morgan fingerprint density at radius 1 is 1.15 bits per heavy atom. The fourth-order valence-corrected chi connectivity index (χ4v) is 9.78. The summed E-state index contributed by atoms with van der Waals surface area (Å²) in [6.07, 6.45) is 1.51. The topological polar surface area (TPSA) is 58.6 Å². The molecular formula is C20H35HgN2O3. The van der Waals surface area contributed by atoms with Gasteiger partial charge in [-0.3, -0.25) is 0 Å². The van der Waals surface area contributed by atoms with Gasteiger partial charge in [0.05, 0.1) is 0 Å². The van der Waals surface area contributed by atoms with Crippen LogP contribution in [0, 0.1) is 17.3 Å². The number of fused-ring (bicyclic) bond motifs is 1. The summed E-state index contributed by atoms with van der Waals surface area (Å²) in [7, 11) is 1.66. The summed E-state index contributed by atoms with van der Waals surface area (Å²) in [5, 5.41) is 2.84. The van der Waals surface area contributed by atoms with Gasteiger partial charge in [-0.2, -0.15) is 0 Å². The number of carbonyl (C=O) groups is 2. The Morgan fingerprint density at radius 3 is 2.12 bits per heavy atom. The van der Waals surface area contributed by atoms with Crippen molar-refractivity contribution in [1.82, 2.24) is 10.2 Å². The number of likely N-dealkylation sites (N-methyl/N-ethyl adjacent to an activating group) is 1. The van der Waals surface area contributed by atoms with Crippen molar-refractivity contribution in [3.63, 3.8) is 0 Å². The molecule has 6 atom stereocenters. The molecule has 2 amide bonds. The van der Waals surface area contributed by atoms with Gasteiger partial charge in [0.25, 0.3) is 0 Å². The Balaban J connectivity index is 2.85. The first-order valence-corrected chi connectivity index (χ1v) is 12.7. The third-order valence-electron chi connectivity index (χ3n) is 8.19. The molecule has 2 aliphatic rings. The number of likely N-dealkylation sites (tertiary alicyclic amines) is 1. The van der Waals surface area contributed by atoms with E-state index in [2.05, 4.69) is 46.9 Å². The predicted octanol–water partition coefficient (Wildman–Crippen LogP) is 2.85. The molecule has 2 saturated heterocycles. The van der Waals surface area contributed by atoms with E-state index in [4.69, 9.17) is 4.74 Å². The van der Waals surface area contributed by atoms with Crippen molar-refractivity contribution in [1.29, 1.82) is 0 Å². The van der Waals surface area contributed by atoms with Gasteiger partial charge >= 0.3 is 175 Å². The number of hydrogen-bond acceptors (Lipinski definition) is 3. The van der Waals surface area contributed by atoms with Crippen LogP contribution in [0.1, 0.15) is 68.2 Å². The molecule has 26 heavy (non-hydrogen) atoms. The van der Waals surface area contributed by atoms with E-state index >= 15 is 0 Å². The summed E-state index contributed by atoms with van der Waals surface area (Å²) in [4.78, 5) is 28.4. The van der Waals surface area contributed by atoms with Crippen LogP contribution in [-0.2, 0) is 40.4 Å². The van der Waals surface area contributed by atoms with Crippen molar-refractivity contribution in [2.75, 3.05) is 7.05 Å². The Hall–Kier alpha value is -0.165. The van der Waals surface area contributed by atoms with Crippen molar-refractivity contribution < 1.29 is 40.4 Å². The summed E-state index contributed by atoms with van der Waals surface area (Å²) in [5.74, 6) is 0.523. The van der Waals surface area contributed by atoms with Crippen LogP contribution in [-0.4, -0.2) is 44.1 Å². The number of nitrogens with one attached hydrogen (secondary N) is 1. The van der Waals surface area contributed by atoms with Crippen molar-refractivity contribution in [2.45, 2.75) is 88.5 Å². The van der Waals surface area contributed by atoms with Crippen LogP contribution in [0.2, 0.25) is 0 Å². The summed E-state index contributed by atoms with van der Waals surface area (Å²) < 4.78 is 6.43. The first-order chi connectivity index (χ1) is 11.8. The first kappa shape index (κ1) is 22.1. The minimum absolute atomic E-state index is 0.0385. The van der Waals surface area contributed by atoms with Gasteiger partial charge in [0.1, 0.15) is 0 Å². The molecule has 5 nitrogen and oxygen atoms in total. The standard InChI is InChI=1S/C20H35N2O3.Hg/c1-10-14-12(3)13(4)19(7)16(25-14)18(5,6)20(8,17(24)21-9)22(19)15(23)11-2;/h12-14H,10-11H2,1-9H3,(H,21,24);/t12?,13?,14?,19-,20+;/m0./s1. The molecule has 145 valence electrons. The van der Waals surface area contributed by atoms with E-state index in [1.165, 1.54) is 0 Å². The van der Waals surface area contributed by atoms with E-state index in [1.54, 1.807) is 7.05 Å². The Morgan fingerprint density at radius 2 is 1.69 bits per heavy atom. The van der Waals surface area contributed by atoms with Gasteiger partial charge in [0, 0.05) is 0 Å². The molecule has 0 radical (unpaired) electrons. The quantitative estimate of drug-likeness (QED) is 0.549. The number of carbonyl (C=O) groups excluding carboxylic acids is 2. The van der Waals surface area contributed by atoms with E-state index in [1.807, 2.05) is 18.7 Å². The molecule has 6 heteroatoms. The zero-order chi connectivity index (χ0) is 20.3. The fraction of sp³-hybridized carbons (Fsp3) is 0.900. The van der Waals surface area contributed by atoms with Gasteiger partial charge in [-0.05, 0) is 0 Å². The van der Waals surface area contributed by atoms with Crippen LogP contribution in [0.25, 0.3) is 0 Å². The molecule has 4 unspecified atom stereocenters. The molecule has 2 fully saturated rings. The van der Waals surface area contributed by atoms with E-state index in [-0.39, 0.29) is 50.0 Å². The van der Waals surface area contributed by atoms with E-state index < -0.39 is 19.6 Å². The van der Waals surface area contributed by atoms with Crippen molar-refractivity contribution in [3.05, 3.63) is 0 Å². The third-order valence-corrected chi connectivity index (χ3v) is 15.1. The zero-order valence-corrected chi connectivity index (χ0v) is 23.5. The zero-order valence-electron chi connectivity index (χ0n) is 18.0. The number of nitrogens with zero attached hydrogens (tertiary/aromatic N) is 1. The number of hydrogen-bond donors (Lipinski definition) is 1. The molecule has 2 heterocycles. The maximum absolute atomic E-state index is 13.3. The molecule has 2 rings (SSSR count). The molecule has 0 bridgehead atoms. The summed E-state index contributed by atoms with van der Waals surface area (Å²) in [6, 6.07) is 0. The minimum atomic E-state index is -0.943. The molecule has 0 aromatic heterocycles. The SMILES string of the molecule is CCC(=O)N1[C@](C)(C(=O)NC)C(C)(C)[C]2([Hg])OC(CC)C(C)C(C)[C@]12C. The van der Waals surface area contributed by atoms with E-state index in [0.29, 0.717) is 12.3 Å². The Bertz CT molecular complexity index is 610. The van der Waals surface area contributed by atoms with Gasteiger partial charge in [-0.15, -0.1) is 0 Å². The van der Waals surface area contributed by atoms with E-state index in [9.17, 15) is 9.59 Å². The Kier molecular flexibility index (Phi) is 5.72. The van der Waals surface area contributed by atoms with Crippen LogP contribution in [0.5, 0.6) is 0 Å². The van der Waals surface area contributed by atoms with Crippen LogP contribution in [0.15, 0.2) is 0 Å². The average Bonchev–Trinajstić information content (AvgIpc) is 2.71. The van der Waals surface area contributed by atoms with Crippen LogP contribution >= 0.6 is 0 Å². The van der Waals surface area contributed by atoms with Crippen molar-refractivity contribution >= 4 is 11.8 Å². The van der Waals surface area contributed by atoms with E-state index in [0.717, 1.165) is 6.42 Å². The van der Waals surface area contributed by atoms with Crippen LogP contribution in [0.4, 0.5) is 0 Å². The Labute approximate surface area is 174 Å². The molecule has 0 aromatic rings. The fourth-order valence-electron chi connectivity index (χ4n) is 5.74. The summed E-state index contributed by atoms with van der Waals surface area (Å²) in [5.41, 5.74) is -1.91. The summed E-state index contributed by atoms with van der Waals surface area (Å²) in [6.45, 7) is 16.9. The maximum atomic E-state index is 13.3. The van der Waals surface area contributed by atoms with Crippen molar-refractivity contribution in [2.24, 2.45) is 17.3 Å². The predicted molar refractivity (Wildman–Crippen MR) is 98.0 cm³/mol. The van der Waals surface area contributed by atoms with Gasteiger partial charge in [0.2, 0.25) is 0 Å². The van der Waals surface area contributed by atoms with Gasteiger partial charge in [-0.1, -0.05) is 0 Å². The second-order valence-corrected chi connectivity index (χ2v) is 12.9. The van der Waals surface area contributed by atoms with Crippen molar-refractivity contribution in [3.8, 4) is 0 Å². The molecule has 0 saturated carbocycles. The van der Waals surface area contributed by atoms with Gasteiger partial charge < -0.3 is 0 Å². The average molecular weight is 552 g/mol. The number of rotatable bonds is 3. The monoisotopic (exact) mass is 553 g/mol. The second kappa shape index (κ2) is 6.72.